The van der Waals surface area contributed by atoms with Crippen LogP contribution in [0, 0.1) is 23.4 Å². The summed E-state index contributed by atoms with van der Waals surface area (Å²) >= 11 is 0. The molecule has 1 saturated heterocycles. The van der Waals surface area contributed by atoms with E-state index in [4.69, 9.17) is 0 Å². The first-order chi connectivity index (χ1) is 17.4. The molecule has 0 saturated carbocycles. The van der Waals surface area contributed by atoms with Gasteiger partial charge in [-0.1, -0.05) is 0 Å². The molecular weight excluding hydrogens is 471 g/mol. The molecule has 1 aliphatic heterocycles. The van der Waals surface area contributed by atoms with Crippen molar-refractivity contribution in [1.29, 1.82) is 0 Å². The van der Waals surface area contributed by atoms with Crippen LogP contribution in [-0.4, -0.2) is 44.2 Å². The Morgan fingerprint density at radius 2 is 1.69 bits per heavy atom. The number of nitrogens with zero attached hydrogens (tertiary/aromatic N) is 4. The van der Waals surface area contributed by atoms with E-state index in [0.717, 1.165) is 18.2 Å². The number of halogens is 3. The highest BCUT2D eigenvalue weighted by Gasteiger charge is 2.32. The molecule has 36 heavy (non-hydrogen) atoms. The largest absolute Gasteiger partial charge is 0.338 e. The lowest BCUT2D eigenvalue weighted by atomic mass is 9.96. The van der Waals surface area contributed by atoms with E-state index in [0.29, 0.717) is 36.5 Å². The second-order valence-electron chi connectivity index (χ2n) is 8.56. The molecule has 1 N–H and O–H groups in total. The molecule has 4 aromatic rings. The zero-order chi connectivity index (χ0) is 25.2. The number of hydrogen-bond donors (Lipinski definition) is 1. The molecule has 1 atom stereocenters. The maximum absolute atomic E-state index is 14.0. The molecule has 1 aliphatic rings. The van der Waals surface area contributed by atoms with Crippen molar-refractivity contribution in [1.82, 2.24) is 19.2 Å². The van der Waals surface area contributed by atoms with Crippen LogP contribution in [0.3, 0.4) is 0 Å². The van der Waals surface area contributed by atoms with Gasteiger partial charge in [-0.25, -0.2) is 17.9 Å². The van der Waals surface area contributed by atoms with Crippen molar-refractivity contribution in [3.63, 3.8) is 0 Å². The van der Waals surface area contributed by atoms with Crippen molar-refractivity contribution in [2.24, 2.45) is 5.92 Å². The maximum Gasteiger partial charge on any atom is 0.259 e. The minimum absolute atomic E-state index is 0.119. The number of carbonyl (C=O) groups excluding carboxylic acids is 2. The van der Waals surface area contributed by atoms with Gasteiger partial charge in [0.15, 0.2) is 5.82 Å². The molecule has 2 aromatic carbocycles. The van der Waals surface area contributed by atoms with Crippen molar-refractivity contribution < 1.29 is 22.8 Å². The van der Waals surface area contributed by atoms with E-state index in [2.05, 4.69) is 10.4 Å². The van der Waals surface area contributed by atoms with E-state index < -0.39 is 23.5 Å². The van der Waals surface area contributed by atoms with E-state index in [1.165, 1.54) is 18.3 Å². The molecular formula is C26H22F3N5O2. The molecule has 0 bridgehead atoms. The Morgan fingerprint density at radius 3 is 2.44 bits per heavy atom. The average molecular weight is 493 g/mol. The summed E-state index contributed by atoms with van der Waals surface area (Å²) < 4.78 is 44.2. The summed E-state index contributed by atoms with van der Waals surface area (Å²) in [7, 11) is 0. The zero-order valence-electron chi connectivity index (χ0n) is 19.1. The number of anilines is 1. The van der Waals surface area contributed by atoms with Gasteiger partial charge in [-0.15, -0.1) is 0 Å². The Morgan fingerprint density at radius 1 is 0.972 bits per heavy atom. The van der Waals surface area contributed by atoms with Gasteiger partial charge in [0.25, 0.3) is 5.91 Å². The first-order valence-corrected chi connectivity index (χ1v) is 11.4. The number of likely N-dealkylation sites (tertiary alicyclic amines) is 1. The first kappa shape index (κ1) is 23.4. The van der Waals surface area contributed by atoms with E-state index in [1.54, 1.807) is 38.7 Å². The second-order valence-corrected chi connectivity index (χ2v) is 8.56. The van der Waals surface area contributed by atoms with Crippen LogP contribution in [0.15, 0.2) is 73.2 Å². The van der Waals surface area contributed by atoms with Crippen LogP contribution in [0.2, 0.25) is 0 Å². The summed E-state index contributed by atoms with van der Waals surface area (Å²) in [6.07, 6.45) is 6.07. The SMILES string of the molecule is O=C(Nc1cc(F)ccc1F)[C@H]1CCCN(C(=O)c2cnn(-c3ccc(F)cc3)c2-n2cccc2)C1. The summed E-state index contributed by atoms with van der Waals surface area (Å²) in [5.41, 5.74) is 0.652. The van der Waals surface area contributed by atoms with Crippen molar-refractivity contribution in [2.75, 3.05) is 18.4 Å². The molecule has 10 heteroatoms. The maximum atomic E-state index is 14.0. The third-order valence-corrected chi connectivity index (χ3v) is 6.16. The van der Waals surface area contributed by atoms with E-state index in [1.807, 2.05) is 12.1 Å². The molecule has 0 aliphatic carbocycles. The smallest absolute Gasteiger partial charge is 0.259 e. The van der Waals surface area contributed by atoms with Gasteiger partial charge in [-0.05, 0) is 61.4 Å². The van der Waals surface area contributed by atoms with E-state index in [9.17, 15) is 22.8 Å². The van der Waals surface area contributed by atoms with Gasteiger partial charge < -0.3 is 14.8 Å². The minimum atomic E-state index is -0.738. The molecule has 7 nitrogen and oxygen atoms in total. The highest BCUT2D eigenvalue weighted by molar-refractivity contribution is 5.98. The predicted molar refractivity (Wildman–Crippen MR) is 126 cm³/mol. The van der Waals surface area contributed by atoms with Crippen LogP contribution in [0.1, 0.15) is 23.2 Å². The third kappa shape index (κ3) is 4.61. The van der Waals surface area contributed by atoms with Gasteiger partial charge in [0, 0.05) is 31.5 Å². The number of piperidine rings is 1. The Labute approximate surface area is 204 Å². The van der Waals surface area contributed by atoms with Crippen LogP contribution >= 0.6 is 0 Å². The standard InChI is InChI=1S/C26H22F3N5O2/c27-18-5-8-20(9-6-18)34-25(32-11-1-2-12-32)21(15-30-34)26(36)33-13-3-4-17(16-33)24(35)31-23-14-19(28)7-10-22(23)29/h1-2,5-12,14-15,17H,3-4,13,16H2,(H,31,35)/t17-/m0/s1. The molecule has 2 amide bonds. The molecule has 0 radical (unpaired) electrons. The number of nitrogens with one attached hydrogen (secondary N) is 1. The summed E-state index contributed by atoms with van der Waals surface area (Å²) in [6.45, 7) is 0.554. The van der Waals surface area contributed by atoms with Crippen molar-refractivity contribution in [3.8, 4) is 11.5 Å². The molecule has 3 heterocycles. The topological polar surface area (TPSA) is 72.2 Å². The van der Waals surface area contributed by atoms with E-state index in [-0.39, 0.29) is 24.0 Å². The first-order valence-electron chi connectivity index (χ1n) is 11.4. The van der Waals surface area contributed by atoms with Crippen LogP contribution < -0.4 is 5.32 Å². The van der Waals surface area contributed by atoms with Gasteiger partial charge >= 0.3 is 0 Å². The van der Waals surface area contributed by atoms with Gasteiger partial charge in [0.05, 0.1) is 23.5 Å². The quantitative estimate of drug-likeness (QED) is 0.443. The summed E-state index contributed by atoms with van der Waals surface area (Å²) in [4.78, 5) is 28.0. The molecule has 0 spiro atoms. The lowest BCUT2D eigenvalue weighted by molar-refractivity contribution is -0.121. The monoisotopic (exact) mass is 493 g/mol. The molecule has 1 fully saturated rings. The summed E-state index contributed by atoms with van der Waals surface area (Å²) in [5.74, 6) is -2.70. The average Bonchev–Trinajstić information content (AvgIpc) is 3.56. The highest BCUT2D eigenvalue weighted by Crippen LogP contribution is 2.26. The van der Waals surface area contributed by atoms with Crippen molar-refractivity contribution in [3.05, 3.63) is 96.2 Å². The fourth-order valence-electron chi connectivity index (χ4n) is 4.36. The van der Waals surface area contributed by atoms with Crippen LogP contribution in [0.25, 0.3) is 11.5 Å². The van der Waals surface area contributed by atoms with Crippen molar-refractivity contribution in [2.45, 2.75) is 12.8 Å². The van der Waals surface area contributed by atoms with Gasteiger partial charge in [-0.2, -0.15) is 5.10 Å². The lowest BCUT2D eigenvalue weighted by Crippen LogP contribution is -2.44. The fourth-order valence-corrected chi connectivity index (χ4v) is 4.36. The second kappa shape index (κ2) is 9.73. The molecule has 0 unspecified atom stereocenters. The van der Waals surface area contributed by atoms with E-state index >= 15 is 0 Å². The Balaban J connectivity index is 1.40. The minimum Gasteiger partial charge on any atom is -0.338 e. The highest BCUT2D eigenvalue weighted by atomic mass is 19.1. The number of rotatable bonds is 5. The van der Waals surface area contributed by atoms with Crippen LogP contribution in [0.5, 0.6) is 0 Å². The Kier molecular flexibility index (Phi) is 6.32. The Bertz CT molecular complexity index is 1400. The number of aromatic nitrogens is 3. The molecule has 5 rings (SSSR count). The number of amides is 2. The van der Waals surface area contributed by atoms with Gasteiger partial charge in [0.1, 0.15) is 23.0 Å². The van der Waals surface area contributed by atoms with Crippen LogP contribution in [-0.2, 0) is 4.79 Å². The third-order valence-electron chi connectivity index (χ3n) is 6.16. The Hall–Kier alpha value is -4.34. The van der Waals surface area contributed by atoms with Gasteiger partial charge in [0.2, 0.25) is 5.91 Å². The zero-order valence-corrected chi connectivity index (χ0v) is 19.1. The lowest BCUT2D eigenvalue weighted by Gasteiger charge is -2.32. The fraction of sp³-hybridized carbons (Fsp3) is 0.192. The van der Waals surface area contributed by atoms with Crippen molar-refractivity contribution >= 4 is 17.5 Å². The number of benzene rings is 2. The number of hydrogen-bond acceptors (Lipinski definition) is 3. The van der Waals surface area contributed by atoms with Gasteiger partial charge in [-0.3, -0.25) is 9.59 Å². The summed E-state index contributed by atoms with van der Waals surface area (Å²) in [5, 5.41) is 6.83. The molecule has 2 aromatic heterocycles. The normalized spacial score (nSPS) is 15.6. The number of carbonyl (C=O) groups is 2. The predicted octanol–water partition coefficient (Wildman–Crippen LogP) is 4.57. The van der Waals surface area contributed by atoms with Crippen LogP contribution in [0.4, 0.5) is 18.9 Å². The molecule has 184 valence electrons. The summed E-state index contributed by atoms with van der Waals surface area (Å²) in [6, 6.07) is 12.2.